The lowest BCUT2D eigenvalue weighted by Gasteiger charge is -2.09. The first-order valence-electron chi connectivity index (χ1n) is 13.8. The van der Waals surface area contributed by atoms with E-state index in [1.807, 2.05) is 78.9 Å². The van der Waals surface area contributed by atoms with E-state index in [0.29, 0.717) is 11.7 Å². The minimum absolute atomic E-state index is 0.441. The van der Waals surface area contributed by atoms with Crippen molar-refractivity contribution in [2.75, 3.05) is 5.73 Å². The highest BCUT2D eigenvalue weighted by Gasteiger charge is 2.29. The van der Waals surface area contributed by atoms with E-state index in [4.69, 9.17) is 26.4 Å². The number of para-hydroxylation sites is 2. The number of nitrogens with zero attached hydrogens (tertiary/aromatic N) is 3. The molecule has 0 atom stereocenters. The molecule has 1 aliphatic rings. The van der Waals surface area contributed by atoms with Crippen molar-refractivity contribution in [2.24, 2.45) is 10.7 Å². The smallest absolute Gasteiger partial charge is 0.135 e. The van der Waals surface area contributed by atoms with Crippen molar-refractivity contribution in [3.8, 4) is 21.7 Å². The highest BCUT2D eigenvalue weighted by Crippen LogP contribution is 2.46. The zero-order valence-corrected chi connectivity index (χ0v) is 24.4. The Labute approximate surface area is 255 Å². The van der Waals surface area contributed by atoms with Gasteiger partial charge in [-0.1, -0.05) is 84.9 Å². The van der Waals surface area contributed by atoms with E-state index >= 15 is 0 Å². The Morgan fingerprint density at radius 2 is 1.14 bits per heavy atom. The number of thiazole rings is 2. The van der Waals surface area contributed by atoms with Gasteiger partial charge in [0, 0.05) is 11.1 Å². The van der Waals surface area contributed by atoms with E-state index in [-0.39, 0.29) is 0 Å². The first-order valence-corrected chi connectivity index (χ1v) is 15.4. The molecule has 0 saturated carbocycles. The summed E-state index contributed by atoms with van der Waals surface area (Å²) in [6.45, 7) is 0. The van der Waals surface area contributed by atoms with Crippen molar-refractivity contribution in [1.29, 1.82) is 0 Å². The molecule has 6 nitrogen and oxygen atoms in total. The Hall–Kier alpha value is -5.31. The van der Waals surface area contributed by atoms with Gasteiger partial charge in [-0.25, -0.2) is 15.0 Å². The van der Waals surface area contributed by atoms with Crippen molar-refractivity contribution >= 4 is 72.0 Å². The van der Waals surface area contributed by atoms with Crippen LogP contribution in [0.2, 0.25) is 0 Å². The summed E-state index contributed by atoms with van der Waals surface area (Å²) < 4.78 is 2.21. The van der Waals surface area contributed by atoms with Crippen LogP contribution in [-0.4, -0.2) is 20.8 Å². The molecule has 8 heteroatoms. The number of allylic oxidation sites excluding steroid dienone is 1. The molecule has 4 aromatic carbocycles. The topological polar surface area (TPSA) is 106 Å². The first-order chi connectivity index (χ1) is 21.1. The van der Waals surface area contributed by atoms with Gasteiger partial charge in [-0.2, -0.15) is 0 Å². The molecule has 0 unspecified atom stereocenters. The van der Waals surface area contributed by atoms with Gasteiger partial charge < -0.3 is 16.5 Å². The predicted octanol–water partition coefficient (Wildman–Crippen LogP) is 8.47. The third-order valence-corrected chi connectivity index (χ3v) is 9.59. The van der Waals surface area contributed by atoms with Gasteiger partial charge in [0.25, 0.3) is 0 Å². The molecule has 3 aromatic heterocycles. The summed E-state index contributed by atoms with van der Waals surface area (Å²) in [5.41, 5.74) is 22.6. The number of aliphatic imine (C=N–C) groups is 1. The van der Waals surface area contributed by atoms with Crippen molar-refractivity contribution in [3.05, 3.63) is 131 Å². The number of aromatic amines is 1. The molecule has 0 bridgehead atoms. The van der Waals surface area contributed by atoms with Crippen LogP contribution in [0, 0.1) is 0 Å². The second-order valence-electron chi connectivity index (χ2n) is 10.2. The van der Waals surface area contributed by atoms with Crippen LogP contribution in [-0.2, 0) is 0 Å². The fraction of sp³-hybridized carbons (Fsp3) is 0. The molecule has 0 aliphatic carbocycles. The van der Waals surface area contributed by atoms with Gasteiger partial charge in [0.2, 0.25) is 0 Å². The third kappa shape index (κ3) is 4.35. The maximum atomic E-state index is 6.74. The molecule has 8 rings (SSSR count). The summed E-state index contributed by atoms with van der Waals surface area (Å²) in [5, 5.41) is 1.70. The van der Waals surface area contributed by atoms with Crippen LogP contribution in [0.5, 0.6) is 0 Å². The molecule has 0 amide bonds. The molecule has 0 saturated heterocycles. The molecule has 0 radical (unpaired) electrons. The zero-order chi connectivity index (χ0) is 28.9. The number of aromatic nitrogens is 3. The van der Waals surface area contributed by atoms with Gasteiger partial charge in [0.15, 0.2) is 0 Å². The summed E-state index contributed by atoms with van der Waals surface area (Å²) in [4.78, 5) is 18.3. The van der Waals surface area contributed by atoms with Crippen molar-refractivity contribution in [1.82, 2.24) is 15.0 Å². The minimum Gasteiger partial charge on any atom is -0.385 e. The number of benzene rings is 4. The van der Waals surface area contributed by atoms with E-state index in [0.717, 1.165) is 75.2 Å². The van der Waals surface area contributed by atoms with Crippen molar-refractivity contribution in [3.63, 3.8) is 0 Å². The monoisotopic (exact) mass is 592 g/mol. The SMILES string of the molecule is NC1=NC(=Cc2[nH]c(N)c(-c3nc4ccccc4s3)c2-c2ccccc2)C(c2ccccc2)=C1c1nc2ccccc2s1. The van der Waals surface area contributed by atoms with Crippen LogP contribution in [0.3, 0.4) is 0 Å². The lowest BCUT2D eigenvalue weighted by atomic mass is 9.96. The summed E-state index contributed by atoms with van der Waals surface area (Å²) in [5.74, 6) is 0.993. The van der Waals surface area contributed by atoms with Crippen LogP contribution in [0.25, 0.3) is 59.4 Å². The quantitative estimate of drug-likeness (QED) is 0.186. The zero-order valence-electron chi connectivity index (χ0n) is 22.8. The summed E-state index contributed by atoms with van der Waals surface area (Å²) in [7, 11) is 0. The summed E-state index contributed by atoms with van der Waals surface area (Å²) in [6.07, 6.45) is 2.05. The lowest BCUT2D eigenvalue weighted by molar-refractivity contribution is 1.36. The minimum atomic E-state index is 0.441. The number of amidine groups is 1. The maximum Gasteiger partial charge on any atom is 0.135 e. The number of fused-ring (bicyclic) bond motifs is 2. The Kier molecular flexibility index (Phi) is 6.03. The number of nitrogens with two attached hydrogens (primary N) is 2. The van der Waals surface area contributed by atoms with Gasteiger partial charge in [-0.15, -0.1) is 22.7 Å². The summed E-state index contributed by atoms with van der Waals surface area (Å²) in [6, 6.07) is 36.8. The van der Waals surface area contributed by atoms with Crippen molar-refractivity contribution in [2.45, 2.75) is 0 Å². The van der Waals surface area contributed by atoms with Crippen molar-refractivity contribution < 1.29 is 0 Å². The highest BCUT2D eigenvalue weighted by atomic mass is 32.1. The van der Waals surface area contributed by atoms with Crippen LogP contribution in [0.15, 0.2) is 120 Å². The van der Waals surface area contributed by atoms with E-state index in [1.165, 1.54) is 0 Å². The molecular weight excluding hydrogens is 569 g/mol. The average Bonchev–Trinajstić information content (AvgIpc) is 3.80. The second-order valence-corrected chi connectivity index (χ2v) is 12.2. The first kappa shape index (κ1) is 25.4. The van der Waals surface area contributed by atoms with Crippen LogP contribution < -0.4 is 11.5 Å². The molecule has 7 aromatic rings. The van der Waals surface area contributed by atoms with Gasteiger partial charge in [-0.3, -0.25) is 0 Å². The molecule has 5 N–H and O–H groups in total. The molecule has 0 spiro atoms. The van der Waals surface area contributed by atoms with Gasteiger partial charge in [0.05, 0.1) is 43.0 Å². The Balaban J connectivity index is 1.37. The van der Waals surface area contributed by atoms with Crippen LogP contribution in [0.4, 0.5) is 5.82 Å². The molecule has 1 aliphatic heterocycles. The number of hydrogen-bond acceptors (Lipinski definition) is 7. The largest absolute Gasteiger partial charge is 0.385 e. The number of anilines is 1. The standard InChI is InChI=1S/C35H24N6S2/c36-32-30(34-40-22-15-7-9-17-26(22)42-34)28(20-11-3-1-4-12-20)24(38-32)19-25-29(21-13-5-2-6-14-21)31(33(37)39-25)35-41-23-16-8-10-18-27(23)43-35/h1-19,38H,36H2,(H2,37,39). The van der Waals surface area contributed by atoms with Gasteiger partial charge in [0.1, 0.15) is 21.7 Å². The van der Waals surface area contributed by atoms with Crippen LogP contribution >= 0.6 is 22.7 Å². The Morgan fingerprint density at radius 3 is 1.79 bits per heavy atom. The third-order valence-electron chi connectivity index (χ3n) is 7.48. The number of H-pyrrole nitrogens is 1. The number of nitrogen functional groups attached to an aromatic ring is 1. The van der Waals surface area contributed by atoms with E-state index < -0.39 is 0 Å². The molecule has 43 heavy (non-hydrogen) atoms. The van der Waals surface area contributed by atoms with Crippen LogP contribution in [0.1, 0.15) is 16.3 Å². The number of rotatable bonds is 5. The van der Waals surface area contributed by atoms with E-state index in [2.05, 4.69) is 41.4 Å². The fourth-order valence-corrected chi connectivity index (χ4v) is 7.64. The van der Waals surface area contributed by atoms with Gasteiger partial charge >= 0.3 is 0 Å². The summed E-state index contributed by atoms with van der Waals surface area (Å²) >= 11 is 3.25. The second kappa shape index (κ2) is 10.2. The molecule has 4 heterocycles. The van der Waals surface area contributed by atoms with E-state index in [9.17, 15) is 0 Å². The number of hydrogen-bond donors (Lipinski definition) is 3. The average molecular weight is 593 g/mol. The Bertz CT molecular complexity index is 2190. The molecule has 206 valence electrons. The van der Waals surface area contributed by atoms with Gasteiger partial charge in [-0.05, 0) is 41.5 Å². The molecule has 0 fully saturated rings. The Morgan fingerprint density at radius 1 is 0.581 bits per heavy atom. The lowest BCUT2D eigenvalue weighted by Crippen LogP contribution is -2.11. The normalized spacial score (nSPS) is 14.3. The maximum absolute atomic E-state index is 6.74. The predicted molar refractivity (Wildman–Crippen MR) is 182 cm³/mol. The fourth-order valence-electron chi connectivity index (χ4n) is 5.59. The highest BCUT2D eigenvalue weighted by molar-refractivity contribution is 7.21. The molecular formula is C35H24N6S2. The number of nitrogens with one attached hydrogen (secondary N) is 1. The van der Waals surface area contributed by atoms with E-state index in [1.54, 1.807) is 22.7 Å².